The Morgan fingerprint density at radius 3 is 2.39 bits per heavy atom. The van der Waals surface area contributed by atoms with Crippen molar-refractivity contribution in [2.75, 3.05) is 26.2 Å². The van der Waals surface area contributed by atoms with Crippen LogP contribution in [-0.2, 0) is 6.42 Å². The van der Waals surface area contributed by atoms with Gasteiger partial charge in [0.15, 0.2) is 0 Å². The molecule has 0 aliphatic carbocycles. The van der Waals surface area contributed by atoms with Gasteiger partial charge >= 0.3 is 5.63 Å². The molecule has 1 aliphatic heterocycles. The average molecular weight is 460 g/mol. The summed E-state index contributed by atoms with van der Waals surface area (Å²) in [4.78, 5) is 15.4. The molecule has 5 rings (SSSR count). The largest absolute Gasteiger partial charge is 0.492 e. The van der Waals surface area contributed by atoms with E-state index < -0.39 is 0 Å². The molecule has 0 radical (unpaired) electrons. The van der Waals surface area contributed by atoms with E-state index in [0.717, 1.165) is 34.4 Å². The van der Waals surface area contributed by atoms with Crippen molar-refractivity contribution in [2.45, 2.75) is 19.3 Å². The van der Waals surface area contributed by atoms with Gasteiger partial charge in [-0.15, -0.1) is 0 Å². The molecule has 0 saturated carbocycles. The second-order valence-electron chi connectivity index (χ2n) is 8.46. The molecule has 0 atom stereocenters. The fourth-order valence-corrected chi connectivity index (χ4v) is 4.64. The van der Waals surface area contributed by atoms with Crippen molar-refractivity contribution in [2.24, 2.45) is 0 Å². The average Bonchev–Trinajstić information content (AvgIpc) is 3.35. The van der Waals surface area contributed by atoms with Crippen LogP contribution in [0.4, 0.5) is 0 Å². The lowest BCUT2D eigenvalue weighted by Gasteiger charge is -2.15. The van der Waals surface area contributed by atoms with E-state index in [0.29, 0.717) is 29.2 Å². The van der Waals surface area contributed by atoms with Gasteiger partial charge in [0, 0.05) is 17.0 Å². The molecule has 33 heavy (non-hydrogen) atoms. The van der Waals surface area contributed by atoms with Crippen LogP contribution in [0.1, 0.15) is 24.0 Å². The minimum Gasteiger partial charge on any atom is -0.492 e. The third-order valence-corrected chi connectivity index (χ3v) is 6.48. The summed E-state index contributed by atoms with van der Waals surface area (Å²) < 4.78 is 11.6. The fourth-order valence-electron chi connectivity index (χ4n) is 4.51. The molecule has 1 fully saturated rings. The van der Waals surface area contributed by atoms with E-state index in [-0.39, 0.29) is 5.63 Å². The molecule has 4 nitrogen and oxygen atoms in total. The topological polar surface area (TPSA) is 42.7 Å². The Hall–Kier alpha value is -3.08. The van der Waals surface area contributed by atoms with Crippen molar-refractivity contribution in [3.63, 3.8) is 0 Å². The third kappa shape index (κ3) is 4.97. The molecule has 1 saturated heterocycles. The van der Waals surface area contributed by atoms with Gasteiger partial charge in [-0.3, -0.25) is 4.90 Å². The van der Waals surface area contributed by atoms with E-state index in [1.807, 2.05) is 48.5 Å². The molecule has 1 aromatic heterocycles. The van der Waals surface area contributed by atoms with Crippen molar-refractivity contribution in [3.8, 4) is 16.9 Å². The second-order valence-corrected chi connectivity index (χ2v) is 8.90. The van der Waals surface area contributed by atoms with Crippen LogP contribution in [-0.4, -0.2) is 31.1 Å². The van der Waals surface area contributed by atoms with Gasteiger partial charge in [0.25, 0.3) is 0 Å². The first kappa shape index (κ1) is 21.7. The van der Waals surface area contributed by atoms with Gasteiger partial charge in [-0.1, -0.05) is 54.1 Å². The smallest absolute Gasteiger partial charge is 0.344 e. The molecule has 0 bridgehead atoms. The Bertz CT molecular complexity index is 1290. The predicted molar refractivity (Wildman–Crippen MR) is 133 cm³/mol. The van der Waals surface area contributed by atoms with Crippen molar-refractivity contribution < 1.29 is 9.15 Å². The molecule has 0 amide bonds. The third-order valence-electron chi connectivity index (χ3n) is 6.23. The summed E-state index contributed by atoms with van der Waals surface area (Å²) >= 11 is 6.08. The van der Waals surface area contributed by atoms with Crippen molar-refractivity contribution >= 4 is 22.6 Å². The van der Waals surface area contributed by atoms with E-state index in [1.165, 1.54) is 25.9 Å². The Kier molecular flexibility index (Phi) is 6.47. The van der Waals surface area contributed by atoms with Crippen molar-refractivity contribution in [1.29, 1.82) is 0 Å². The van der Waals surface area contributed by atoms with Gasteiger partial charge in [-0.05, 0) is 79.4 Å². The zero-order valence-corrected chi connectivity index (χ0v) is 19.2. The van der Waals surface area contributed by atoms with Crippen LogP contribution in [0, 0.1) is 0 Å². The molecule has 168 valence electrons. The molecular weight excluding hydrogens is 434 g/mol. The fraction of sp³-hybridized carbons (Fsp3) is 0.250. The lowest BCUT2D eigenvalue weighted by molar-refractivity contribution is 0.238. The van der Waals surface area contributed by atoms with E-state index in [4.69, 9.17) is 20.8 Å². The summed E-state index contributed by atoms with van der Waals surface area (Å²) in [6, 6.07) is 23.2. The SMILES string of the molecule is O=c1oc2ccccc2c(Cc2ccc(OCCN3CCCC3)cc2)c1-c1ccc(Cl)cc1. The summed E-state index contributed by atoms with van der Waals surface area (Å²) in [6.45, 7) is 4.02. The minimum atomic E-state index is -0.340. The quantitative estimate of drug-likeness (QED) is 0.309. The highest BCUT2D eigenvalue weighted by atomic mass is 35.5. The number of hydrogen-bond donors (Lipinski definition) is 0. The van der Waals surface area contributed by atoms with E-state index in [1.54, 1.807) is 12.1 Å². The van der Waals surface area contributed by atoms with Crippen LogP contribution < -0.4 is 10.4 Å². The first-order valence-corrected chi connectivity index (χ1v) is 11.8. The molecule has 1 aliphatic rings. The Balaban J connectivity index is 1.42. The number of fused-ring (bicyclic) bond motifs is 1. The highest BCUT2D eigenvalue weighted by Gasteiger charge is 2.17. The maximum absolute atomic E-state index is 13.0. The van der Waals surface area contributed by atoms with Gasteiger partial charge in [0.2, 0.25) is 0 Å². The zero-order valence-electron chi connectivity index (χ0n) is 18.4. The molecule has 0 N–H and O–H groups in total. The monoisotopic (exact) mass is 459 g/mol. The molecule has 5 heteroatoms. The summed E-state index contributed by atoms with van der Waals surface area (Å²) in [7, 11) is 0. The number of hydrogen-bond acceptors (Lipinski definition) is 4. The molecule has 2 heterocycles. The van der Waals surface area contributed by atoms with Gasteiger partial charge in [0.05, 0.1) is 5.56 Å². The maximum atomic E-state index is 13.0. The number of halogens is 1. The van der Waals surface area contributed by atoms with Crippen LogP contribution in [0.25, 0.3) is 22.1 Å². The number of nitrogens with zero attached hydrogens (tertiary/aromatic N) is 1. The van der Waals surface area contributed by atoms with Gasteiger partial charge in [0.1, 0.15) is 17.9 Å². The van der Waals surface area contributed by atoms with E-state index in [9.17, 15) is 4.79 Å². The minimum absolute atomic E-state index is 0.340. The second kappa shape index (κ2) is 9.82. The summed E-state index contributed by atoms with van der Waals surface area (Å²) in [6.07, 6.45) is 3.19. The maximum Gasteiger partial charge on any atom is 0.344 e. The first-order chi connectivity index (χ1) is 16.2. The van der Waals surface area contributed by atoms with Crippen LogP contribution in [0.5, 0.6) is 5.75 Å². The lowest BCUT2D eigenvalue weighted by atomic mass is 9.93. The number of para-hydroxylation sites is 1. The first-order valence-electron chi connectivity index (χ1n) is 11.4. The molecule has 0 unspecified atom stereocenters. The number of likely N-dealkylation sites (tertiary alicyclic amines) is 1. The number of benzene rings is 3. The van der Waals surface area contributed by atoms with Crippen LogP contribution in [0.2, 0.25) is 5.02 Å². The van der Waals surface area contributed by atoms with Crippen LogP contribution in [0.3, 0.4) is 0 Å². The number of rotatable bonds is 7. The predicted octanol–water partition coefficient (Wildman–Crippen LogP) is 6.18. The molecule has 3 aromatic carbocycles. The van der Waals surface area contributed by atoms with Crippen molar-refractivity contribution in [3.05, 3.63) is 99.4 Å². The normalized spacial score (nSPS) is 14.1. The molecule has 0 spiro atoms. The summed E-state index contributed by atoms with van der Waals surface area (Å²) in [5, 5.41) is 1.57. The van der Waals surface area contributed by atoms with Crippen LogP contribution in [0.15, 0.2) is 82.0 Å². The van der Waals surface area contributed by atoms with E-state index >= 15 is 0 Å². The van der Waals surface area contributed by atoms with Crippen molar-refractivity contribution in [1.82, 2.24) is 4.90 Å². The zero-order chi connectivity index (χ0) is 22.6. The lowest BCUT2D eigenvalue weighted by Crippen LogP contribution is -2.25. The Morgan fingerprint density at radius 1 is 0.909 bits per heavy atom. The standard InChI is InChI=1S/C28H26ClNO3/c29-22-11-9-21(10-12-22)27-25(24-5-1-2-6-26(24)33-28(27)31)19-20-7-13-23(14-8-20)32-18-17-30-15-3-4-16-30/h1-2,5-14H,3-4,15-19H2. The van der Waals surface area contributed by atoms with Gasteiger partial charge in [-0.25, -0.2) is 4.79 Å². The van der Waals surface area contributed by atoms with Gasteiger partial charge in [-0.2, -0.15) is 0 Å². The van der Waals surface area contributed by atoms with Gasteiger partial charge < -0.3 is 9.15 Å². The van der Waals surface area contributed by atoms with E-state index in [2.05, 4.69) is 17.0 Å². The molecular formula is C28H26ClNO3. The summed E-state index contributed by atoms with van der Waals surface area (Å²) in [5.74, 6) is 0.869. The highest BCUT2D eigenvalue weighted by molar-refractivity contribution is 6.30. The highest BCUT2D eigenvalue weighted by Crippen LogP contribution is 2.30. The number of ether oxygens (including phenoxy) is 1. The Labute approximate surface area is 198 Å². The molecule has 4 aromatic rings. The van der Waals surface area contributed by atoms with Crippen LogP contribution >= 0.6 is 11.6 Å². The Morgan fingerprint density at radius 2 is 1.64 bits per heavy atom. The summed E-state index contributed by atoms with van der Waals surface area (Å²) in [5.41, 5.74) is 3.69.